The molecule has 0 aromatic heterocycles. The SMILES string of the molecule is COc1cc(/C=C(/C#N)C(=O)N2CCN(c3ccccc3)CC2)c(Br)cc1OCc1ccc(Cl)c(Cl)c1. The Kier molecular flexibility index (Phi) is 8.99. The van der Waals surface area contributed by atoms with Crippen LogP contribution in [0.5, 0.6) is 11.5 Å². The van der Waals surface area contributed by atoms with Gasteiger partial charge in [0.2, 0.25) is 0 Å². The number of piperazine rings is 1. The molecule has 1 fully saturated rings. The van der Waals surface area contributed by atoms with Gasteiger partial charge in [0.15, 0.2) is 11.5 Å². The molecule has 37 heavy (non-hydrogen) atoms. The fraction of sp³-hybridized carbons (Fsp3) is 0.214. The van der Waals surface area contributed by atoms with Gasteiger partial charge in [-0.1, -0.05) is 63.4 Å². The number of anilines is 1. The standard InChI is InChI=1S/C28H24BrCl2N3O3/c1-36-26-15-20(23(29)16-27(26)37-18-19-7-8-24(30)25(31)13-19)14-21(17-32)28(35)34-11-9-33(10-12-34)22-5-3-2-4-6-22/h2-8,13-16H,9-12,18H2,1H3/b21-14-. The highest BCUT2D eigenvalue weighted by Gasteiger charge is 2.24. The molecule has 0 N–H and O–H groups in total. The van der Waals surface area contributed by atoms with E-state index in [0.717, 1.165) is 11.3 Å². The Morgan fingerprint density at radius 3 is 2.41 bits per heavy atom. The lowest BCUT2D eigenvalue weighted by Gasteiger charge is -2.36. The first-order chi connectivity index (χ1) is 17.9. The van der Waals surface area contributed by atoms with Gasteiger partial charge in [-0.2, -0.15) is 5.26 Å². The molecule has 0 spiro atoms. The fourth-order valence-electron chi connectivity index (χ4n) is 4.00. The third kappa shape index (κ3) is 6.58. The molecule has 0 aliphatic carbocycles. The molecule has 3 aromatic carbocycles. The highest BCUT2D eigenvalue weighted by atomic mass is 79.9. The topological polar surface area (TPSA) is 65.8 Å². The molecule has 0 bridgehead atoms. The van der Waals surface area contributed by atoms with Crippen molar-refractivity contribution < 1.29 is 14.3 Å². The van der Waals surface area contributed by atoms with Crippen LogP contribution in [0.4, 0.5) is 5.69 Å². The summed E-state index contributed by atoms with van der Waals surface area (Å²) in [6.45, 7) is 2.75. The number of hydrogen-bond donors (Lipinski definition) is 0. The third-order valence-corrected chi connectivity index (χ3v) is 7.43. The average molecular weight is 601 g/mol. The number of nitrogens with zero attached hydrogens (tertiary/aromatic N) is 3. The summed E-state index contributed by atoms with van der Waals surface area (Å²) >= 11 is 15.6. The monoisotopic (exact) mass is 599 g/mol. The quantitative estimate of drug-likeness (QED) is 0.226. The Labute approximate surface area is 234 Å². The van der Waals surface area contributed by atoms with Gasteiger partial charge < -0.3 is 19.3 Å². The van der Waals surface area contributed by atoms with E-state index >= 15 is 0 Å². The van der Waals surface area contributed by atoms with Gasteiger partial charge in [-0.25, -0.2) is 0 Å². The number of ether oxygens (including phenoxy) is 2. The average Bonchev–Trinajstić information content (AvgIpc) is 2.93. The number of para-hydroxylation sites is 1. The van der Waals surface area contributed by atoms with Crippen LogP contribution in [0.1, 0.15) is 11.1 Å². The van der Waals surface area contributed by atoms with Crippen molar-refractivity contribution in [2.75, 3.05) is 38.2 Å². The van der Waals surface area contributed by atoms with E-state index < -0.39 is 0 Å². The molecule has 1 aliphatic heterocycles. The molecule has 6 nitrogen and oxygen atoms in total. The molecule has 4 rings (SSSR count). The van der Waals surface area contributed by atoms with Gasteiger partial charge in [-0.05, 0) is 53.6 Å². The zero-order valence-corrected chi connectivity index (χ0v) is 23.2. The number of carbonyl (C=O) groups is 1. The second-order valence-corrected chi connectivity index (χ2v) is 10.0. The lowest BCUT2D eigenvalue weighted by molar-refractivity contribution is -0.126. The van der Waals surface area contributed by atoms with Gasteiger partial charge in [0, 0.05) is 36.3 Å². The van der Waals surface area contributed by atoms with E-state index in [1.165, 1.54) is 7.11 Å². The van der Waals surface area contributed by atoms with Gasteiger partial charge in [-0.3, -0.25) is 4.79 Å². The van der Waals surface area contributed by atoms with E-state index in [1.54, 1.807) is 35.2 Å². The van der Waals surface area contributed by atoms with Crippen LogP contribution in [0.3, 0.4) is 0 Å². The smallest absolute Gasteiger partial charge is 0.264 e. The highest BCUT2D eigenvalue weighted by molar-refractivity contribution is 9.10. The molecule has 0 atom stereocenters. The Morgan fingerprint density at radius 1 is 1.03 bits per heavy atom. The van der Waals surface area contributed by atoms with Crippen LogP contribution in [-0.2, 0) is 11.4 Å². The Hall–Kier alpha value is -3.18. The van der Waals surface area contributed by atoms with E-state index in [2.05, 4.69) is 39.0 Å². The molecule has 0 radical (unpaired) electrons. The molecule has 0 unspecified atom stereocenters. The van der Waals surface area contributed by atoms with Crippen molar-refractivity contribution in [3.63, 3.8) is 0 Å². The van der Waals surface area contributed by atoms with Crippen LogP contribution in [0, 0.1) is 11.3 Å². The van der Waals surface area contributed by atoms with Gasteiger partial charge in [0.25, 0.3) is 5.91 Å². The van der Waals surface area contributed by atoms with Crippen molar-refractivity contribution in [3.05, 3.63) is 91.9 Å². The van der Waals surface area contributed by atoms with Crippen molar-refractivity contribution in [2.45, 2.75) is 6.61 Å². The molecule has 9 heteroatoms. The number of nitriles is 1. The lowest BCUT2D eigenvalue weighted by Crippen LogP contribution is -2.49. The predicted octanol–water partition coefficient (Wildman–Crippen LogP) is 6.60. The molecule has 3 aromatic rings. The minimum absolute atomic E-state index is 0.0559. The van der Waals surface area contributed by atoms with Crippen LogP contribution < -0.4 is 14.4 Å². The first kappa shape index (κ1) is 26.9. The van der Waals surface area contributed by atoms with Gasteiger partial charge in [0.1, 0.15) is 18.2 Å². The van der Waals surface area contributed by atoms with Gasteiger partial charge in [-0.15, -0.1) is 0 Å². The number of methoxy groups -OCH3 is 1. The van der Waals surface area contributed by atoms with Gasteiger partial charge >= 0.3 is 0 Å². The lowest BCUT2D eigenvalue weighted by atomic mass is 10.1. The molecule has 1 amide bonds. The Morgan fingerprint density at radius 2 is 1.76 bits per heavy atom. The van der Waals surface area contributed by atoms with Crippen LogP contribution in [0.25, 0.3) is 6.08 Å². The minimum Gasteiger partial charge on any atom is -0.493 e. The summed E-state index contributed by atoms with van der Waals surface area (Å²) in [4.78, 5) is 17.1. The Balaban J connectivity index is 1.47. The first-order valence-electron chi connectivity index (χ1n) is 11.5. The molecule has 1 heterocycles. The largest absolute Gasteiger partial charge is 0.493 e. The maximum absolute atomic E-state index is 13.1. The zero-order valence-electron chi connectivity index (χ0n) is 20.1. The fourth-order valence-corrected chi connectivity index (χ4v) is 4.76. The van der Waals surface area contributed by atoms with Crippen LogP contribution >= 0.6 is 39.1 Å². The summed E-state index contributed by atoms with van der Waals surface area (Å²) in [7, 11) is 1.53. The maximum Gasteiger partial charge on any atom is 0.264 e. The van der Waals surface area contributed by atoms with Crippen LogP contribution in [0.15, 0.2) is 70.7 Å². The Bertz CT molecular complexity index is 1350. The summed E-state index contributed by atoms with van der Waals surface area (Å²) < 4.78 is 12.1. The summed E-state index contributed by atoms with van der Waals surface area (Å²) in [5.41, 5.74) is 2.66. The predicted molar refractivity (Wildman–Crippen MR) is 150 cm³/mol. The molecule has 190 valence electrons. The van der Waals surface area contributed by atoms with Crippen molar-refractivity contribution in [1.82, 2.24) is 4.90 Å². The molecular formula is C28H24BrCl2N3O3. The normalized spacial score (nSPS) is 13.8. The number of benzene rings is 3. The summed E-state index contributed by atoms with van der Waals surface area (Å²) in [5.74, 6) is 0.677. The second kappa shape index (κ2) is 12.4. The molecule has 0 saturated carbocycles. The second-order valence-electron chi connectivity index (χ2n) is 8.35. The zero-order chi connectivity index (χ0) is 26.4. The van der Waals surface area contributed by atoms with Crippen molar-refractivity contribution in [3.8, 4) is 17.6 Å². The number of carbonyl (C=O) groups excluding carboxylic acids is 1. The minimum atomic E-state index is -0.291. The first-order valence-corrected chi connectivity index (χ1v) is 13.1. The van der Waals surface area contributed by atoms with E-state index in [4.69, 9.17) is 32.7 Å². The van der Waals surface area contributed by atoms with E-state index in [0.29, 0.717) is 57.8 Å². The third-order valence-electron chi connectivity index (χ3n) is 6.00. The number of hydrogen-bond acceptors (Lipinski definition) is 5. The van der Waals surface area contributed by atoms with Gasteiger partial charge in [0.05, 0.1) is 17.2 Å². The number of halogens is 3. The molecular weight excluding hydrogens is 577 g/mol. The van der Waals surface area contributed by atoms with Crippen molar-refractivity contribution in [2.24, 2.45) is 0 Å². The summed E-state index contributed by atoms with van der Waals surface area (Å²) in [6.07, 6.45) is 1.57. The molecule has 1 aliphatic rings. The van der Waals surface area contributed by atoms with Crippen LogP contribution in [-0.4, -0.2) is 44.1 Å². The number of rotatable bonds is 7. The summed E-state index contributed by atoms with van der Waals surface area (Å²) in [5, 5.41) is 10.7. The van der Waals surface area contributed by atoms with Crippen molar-refractivity contribution in [1.29, 1.82) is 5.26 Å². The van der Waals surface area contributed by atoms with Crippen molar-refractivity contribution >= 4 is 56.8 Å². The molecule has 1 saturated heterocycles. The summed E-state index contributed by atoms with van der Waals surface area (Å²) in [6, 6.07) is 20.9. The van der Waals surface area contributed by atoms with E-state index in [-0.39, 0.29) is 18.1 Å². The van der Waals surface area contributed by atoms with E-state index in [9.17, 15) is 10.1 Å². The van der Waals surface area contributed by atoms with Crippen LogP contribution in [0.2, 0.25) is 10.0 Å². The maximum atomic E-state index is 13.1. The number of amides is 1. The highest BCUT2D eigenvalue weighted by Crippen LogP contribution is 2.35. The van der Waals surface area contributed by atoms with E-state index in [1.807, 2.05) is 24.3 Å².